The van der Waals surface area contributed by atoms with E-state index < -0.39 is 0 Å². The Morgan fingerprint density at radius 2 is 1.97 bits per heavy atom. The van der Waals surface area contributed by atoms with E-state index in [4.69, 9.17) is 21.3 Å². The molecule has 0 spiro atoms. The molecule has 0 aliphatic heterocycles. The van der Waals surface area contributed by atoms with Crippen LogP contribution in [0.15, 0.2) is 60.7 Å². The molecular weight excluding hydrogens is 386 g/mol. The molecule has 0 saturated heterocycles. The molecular formula is C23H26ClN3O2. The number of aromatic nitrogens is 2. The van der Waals surface area contributed by atoms with Crippen LogP contribution in [0.1, 0.15) is 25.6 Å². The fourth-order valence-corrected chi connectivity index (χ4v) is 3.29. The third-order valence-electron chi connectivity index (χ3n) is 4.56. The summed E-state index contributed by atoms with van der Waals surface area (Å²) in [6.07, 6.45) is 5.87. The van der Waals surface area contributed by atoms with Gasteiger partial charge in [-0.05, 0) is 62.2 Å². The highest BCUT2D eigenvalue weighted by molar-refractivity contribution is 6.30. The van der Waals surface area contributed by atoms with Crippen molar-refractivity contribution in [3.63, 3.8) is 0 Å². The van der Waals surface area contributed by atoms with Crippen molar-refractivity contribution in [3.8, 4) is 5.75 Å². The zero-order valence-corrected chi connectivity index (χ0v) is 17.4. The van der Waals surface area contributed by atoms with Crippen molar-refractivity contribution >= 4 is 28.5 Å². The number of ether oxygens (including phenoxy) is 1. The molecule has 1 heterocycles. The Hall–Kier alpha value is -2.79. The number of fused-ring (bicyclic) bond motifs is 1. The third kappa shape index (κ3) is 6.09. The zero-order chi connectivity index (χ0) is 20.5. The summed E-state index contributed by atoms with van der Waals surface area (Å²) in [6.45, 7) is 3.91. The maximum Gasteiger partial charge on any atom is 0.243 e. The van der Waals surface area contributed by atoms with Gasteiger partial charge in [0, 0.05) is 24.5 Å². The van der Waals surface area contributed by atoms with Gasteiger partial charge in [-0.3, -0.25) is 4.79 Å². The Morgan fingerprint density at radius 3 is 2.76 bits per heavy atom. The first-order valence-electron chi connectivity index (χ1n) is 9.90. The number of allylic oxidation sites excluding steroid dienone is 1. The van der Waals surface area contributed by atoms with E-state index in [9.17, 15) is 4.79 Å². The van der Waals surface area contributed by atoms with Crippen molar-refractivity contribution < 1.29 is 9.53 Å². The van der Waals surface area contributed by atoms with Gasteiger partial charge in [-0.2, -0.15) is 0 Å². The molecule has 0 aliphatic carbocycles. The van der Waals surface area contributed by atoms with Gasteiger partial charge < -0.3 is 14.6 Å². The van der Waals surface area contributed by atoms with Crippen LogP contribution < -0.4 is 10.1 Å². The van der Waals surface area contributed by atoms with E-state index in [1.165, 1.54) is 6.08 Å². The highest BCUT2D eigenvalue weighted by atomic mass is 35.5. The fraction of sp³-hybridized carbons (Fsp3) is 0.304. The number of imidazole rings is 1. The second-order valence-electron chi connectivity index (χ2n) is 6.72. The van der Waals surface area contributed by atoms with Gasteiger partial charge in [0.15, 0.2) is 0 Å². The maximum atomic E-state index is 11.6. The van der Waals surface area contributed by atoms with Gasteiger partial charge in [0.1, 0.15) is 11.6 Å². The normalized spacial score (nSPS) is 11.2. The lowest BCUT2D eigenvalue weighted by Gasteiger charge is -2.10. The molecule has 0 radical (unpaired) electrons. The molecule has 1 aromatic heterocycles. The van der Waals surface area contributed by atoms with Crippen LogP contribution in [0.25, 0.3) is 11.0 Å². The SMILES string of the molecule is C/C=C/C(=O)NCCc1nc2ccccc2n1CCCCOc1ccc(Cl)cc1. The molecule has 0 saturated carbocycles. The molecule has 6 heteroatoms. The first-order valence-corrected chi connectivity index (χ1v) is 10.3. The average Bonchev–Trinajstić information content (AvgIpc) is 3.07. The molecule has 0 fully saturated rings. The second-order valence-corrected chi connectivity index (χ2v) is 7.16. The van der Waals surface area contributed by atoms with E-state index in [-0.39, 0.29) is 5.91 Å². The monoisotopic (exact) mass is 411 g/mol. The van der Waals surface area contributed by atoms with Gasteiger partial charge >= 0.3 is 0 Å². The smallest absolute Gasteiger partial charge is 0.243 e. The Kier molecular flexibility index (Phi) is 7.70. The lowest BCUT2D eigenvalue weighted by atomic mass is 10.3. The minimum atomic E-state index is -0.0745. The molecule has 1 N–H and O–H groups in total. The highest BCUT2D eigenvalue weighted by Crippen LogP contribution is 2.18. The largest absolute Gasteiger partial charge is 0.494 e. The Labute approximate surface area is 176 Å². The lowest BCUT2D eigenvalue weighted by molar-refractivity contribution is -0.116. The molecule has 0 unspecified atom stereocenters. The summed E-state index contributed by atoms with van der Waals surface area (Å²) >= 11 is 5.89. The number of carbonyl (C=O) groups is 1. The fourth-order valence-electron chi connectivity index (χ4n) is 3.17. The number of aryl methyl sites for hydroxylation is 1. The van der Waals surface area contributed by atoms with Crippen molar-refractivity contribution in [1.29, 1.82) is 0 Å². The van der Waals surface area contributed by atoms with Gasteiger partial charge in [-0.15, -0.1) is 0 Å². The standard InChI is InChI=1S/C23H26ClN3O2/c1-2-7-23(28)25-15-14-22-26-20-8-3-4-9-21(20)27(22)16-5-6-17-29-19-12-10-18(24)11-13-19/h2-4,7-13H,5-6,14-17H2,1H3,(H,25,28)/b7-2+. The first-order chi connectivity index (χ1) is 14.2. The average molecular weight is 412 g/mol. The van der Waals surface area contributed by atoms with E-state index in [0.717, 1.165) is 42.0 Å². The number of nitrogens with zero attached hydrogens (tertiary/aromatic N) is 2. The van der Waals surface area contributed by atoms with E-state index in [1.807, 2.05) is 49.4 Å². The summed E-state index contributed by atoms with van der Waals surface area (Å²) in [6, 6.07) is 15.6. The Balaban J connectivity index is 1.55. The molecule has 1 amide bonds. The number of para-hydroxylation sites is 2. The summed E-state index contributed by atoms with van der Waals surface area (Å²) in [5, 5.41) is 3.60. The van der Waals surface area contributed by atoms with E-state index in [2.05, 4.69) is 16.0 Å². The molecule has 5 nitrogen and oxygen atoms in total. The number of hydrogen-bond donors (Lipinski definition) is 1. The quantitative estimate of drug-likeness (QED) is 0.385. The number of hydrogen-bond acceptors (Lipinski definition) is 3. The number of benzene rings is 2. The number of carbonyl (C=O) groups excluding carboxylic acids is 1. The number of unbranched alkanes of at least 4 members (excludes halogenated alkanes) is 1. The molecule has 152 valence electrons. The second kappa shape index (κ2) is 10.7. The maximum absolute atomic E-state index is 11.6. The molecule has 2 aromatic carbocycles. The van der Waals surface area contributed by atoms with Crippen LogP contribution in [-0.2, 0) is 17.8 Å². The van der Waals surface area contributed by atoms with Gasteiger partial charge in [0.25, 0.3) is 0 Å². The van der Waals surface area contributed by atoms with Crippen LogP contribution in [0.4, 0.5) is 0 Å². The summed E-state index contributed by atoms with van der Waals surface area (Å²) in [7, 11) is 0. The molecule has 3 rings (SSSR count). The van der Waals surface area contributed by atoms with E-state index in [1.54, 1.807) is 6.08 Å². The first kappa shape index (κ1) is 20.9. The van der Waals surface area contributed by atoms with Crippen molar-refractivity contribution in [2.24, 2.45) is 0 Å². The summed E-state index contributed by atoms with van der Waals surface area (Å²) in [4.78, 5) is 16.4. The van der Waals surface area contributed by atoms with Crippen LogP contribution in [0.5, 0.6) is 5.75 Å². The highest BCUT2D eigenvalue weighted by Gasteiger charge is 2.10. The molecule has 0 bridgehead atoms. The summed E-state index contributed by atoms with van der Waals surface area (Å²) < 4.78 is 8.02. The van der Waals surface area contributed by atoms with E-state index in [0.29, 0.717) is 24.6 Å². The van der Waals surface area contributed by atoms with Crippen LogP contribution in [-0.4, -0.2) is 28.6 Å². The van der Waals surface area contributed by atoms with Crippen LogP contribution >= 0.6 is 11.6 Å². The van der Waals surface area contributed by atoms with Crippen molar-refractivity contribution in [2.45, 2.75) is 32.7 Å². The zero-order valence-electron chi connectivity index (χ0n) is 16.6. The lowest BCUT2D eigenvalue weighted by Crippen LogP contribution is -2.24. The summed E-state index contributed by atoms with van der Waals surface area (Å²) in [5.41, 5.74) is 2.11. The van der Waals surface area contributed by atoms with Crippen LogP contribution in [0, 0.1) is 0 Å². The summed E-state index contributed by atoms with van der Waals surface area (Å²) in [5.74, 6) is 1.75. The number of halogens is 1. The molecule has 3 aromatic rings. The topological polar surface area (TPSA) is 56.2 Å². The predicted molar refractivity (Wildman–Crippen MR) is 117 cm³/mol. The van der Waals surface area contributed by atoms with Crippen LogP contribution in [0.2, 0.25) is 5.02 Å². The van der Waals surface area contributed by atoms with Gasteiger partial charge in [-0.25, -0.2) is 4.98 Å². The number of amides is 1. The number of rotatable bonds is 10. The van der Waals surface area contributed by atoms with E-state index >= 15 is 0 Å². The van der Waals surface area contributed by atoms with Gasteiger partial charge in [0.2, 0.25) is 5.91 Å². The van der Waals surface area contributed by atoms with Crippen molar-refractivity contribution in [1.82, 2.24) is 14.9 Å². The minimum absolute atomic E-state index is 0.0745. The Morgan fingerprint density at radius 1 is 1.17 bits per heavy atom. The van der Waals surface area contributed by atoms with Gasteiger partial charge in [0.05, 0.1) is 17.6 Å². The van der Waals surface area contributed by atoms with Crippen LogP contribution in [0.3, 0.4) is 0 Å². The third-order valence-corrected chi connectivity index (χ3v) is 4.81. The molecule has 0 aliphatic rings. The van der Waals surface area contributed by atoms with Crippen molar-refractivity contribution in [3.05, 3.63) is 71.5 Å². The molecule has 29 heavy (non-hydrogen) atoms. The van der Waals surface area contributed by atoms with Gasteiger partial charge in [-0.1, -0.05) is 29.8 Å². The van der Waals surface area contributed by atoms with Crippen molar-refractivity contribution in [2.75, 3.05) is 13.2 Å². The Bertz CT molecular complexity index is 964. The predicted octanol–water partition coefficient (Wildman–Crippen LogP) is 4.78. The minimum Gasteiger partial charge on any atom is -0.494 e. The molecule has 0 atom stereocenters. The number of nitrogens with one attached hydrogen (secondary N) is 1.